The lowest BCUT2D eigenvalue weighted by Gasteiger charge is -2.26. The van der Waals surface area contributed by atoms with Crippen molar-refractivity contribution < 1.29 is 0 Å². The lowest BCUT2D eigenvalue weighted by atomic mass is 10.0. The van der Waals surface area contributed by atoms with Crippen LogP contribution in [0.15, 0.2) is 24.3 Å². The van der Waals surface area contributed by atoms with Gasteiger partial charge < -0.3 is 4.90 Å². The Morgan fingerprint density at radius 1 is 0.417 bits per heavy atom. The molecule has 0 aliphatic heterocycles. The van der Waals surface area contributed by atoms with E-state index in [9.17, 15) is 0 Å². The van der Waals surface area contributed by atoms with E-state index in [0.717, 1.165) is 0 Å². The predicted octanol–water partition coefficient (Wildman–Crippen LogP) is 12.2. The van der Waals surface area contributed by atoms with Gasteiger partial charge in [0.25, 0.3) is 0 Å². The van der Waals surface area contributed by atoms with Crippen LogP contribution in [0.2, 0.25) is 0 Å². The second-order valence-electron chi connectivity index (χ2n) is 11.6. The van der Waals surface area contributed by atoms with Crippen LogP contribution in [0.5, 0.6) is 0 Å². The first-order valence-electron chi connectivity index (χ1n) is 16.6. The summed E-state index contributed by atoms with van der Waals surface area (Å²) in [6, 6.07) is 9.04. The van der Waals surface area contributed by atoms with Crippen LogP contribution in [-0.4, -0.2) is 13.1 Å². The fraction of sp³-hybridized carbons (Fsp3) is 0.829. The van der Waals surface area contributed by atoms with Crippen molar-refractivity contribution in [1.29, 1.82) is 0 Å². The van der Waals surface area contributed by atoms with Crippen LogP contribution >= 0.6 is 0 Å². The van der Waals surface area contributed by atoms with Crippen LogP contribution in [0.25, 0.3) is 0 Å². The monoisotopic (exact) mass is 500 g/mol. The molecule has 0 heterocycles. The highest BCUT2D eigenvalue weighted by Gasteiger charge is 2.08. The third-order valence-corrected chi connectivity index (χ3v) is 8.02. The Morgan fingerprint density at radius 3 is 1.06 bits per heavy atom. The van der Waals surface area contributed by atoms with Crippen molar-refractivity contribution in [3.8, 4) is 0 Å². The van der Waals surface area contributed by atoms with Crippen LogP contribution in [0, 0.1) is 6.92 Å². The number of hydrogen-bond donors (Lipinski definition) is 0. The summed E-state index contributed by atoms with van der Waals surface area (Å²) in [4.78, 5) is 2.70. The SMILES string of the molecule is CCCCCCCCCCCCCCN(CCCCCCCCCCCCCC)c1ccccc1C. The van der Waals surface area contributed by atoms with Crippen molar-refractivity contribution in [3.63, 3.8) is 0 Å². The Kier molecular flexibility index (Phi) is 23.6. The number of anilines is 1. The third kappa shape index (κ3) is 19.2. The van der Waals surface area contributed by atoms with E-state index in [2.05, 4.69) is 49.9 Å². The van der Waals surface area contributed by atoms with Gasteiger partial charge in [-0.15, -0.1) is 0 Å². The number of aryl methyl sites for hydroxylation is 1. The van der Waals surface area contributed by atoms with E-state index in [1.54, 1.807) is 0 Å². The quantitative estimate of drug-likeness (QED) is 0.109. The van der Waals surface area contributed by atoms with Crippen LogP contribution in [0.4, 0.5) is 5.69 Å². The zero-order valence-corrected chi connectivity index (χ0v) is 25.1. The highest BCUT2D eigenvalue weighted by molar-refractivity contribution is 5.52. The Balaban J connectivity index is 2.12. The van der Waals surface area contributed by atoms with Gasteiger partial charge in [-0.1, -0.05) is 173 Å². The maximum Gasteiger partial charge on any atom is 0.0395 e. The number of rotatable bonds is 27. The molecule has 1 nitrogen and oxygen atoms in total. The fourth-order valence-electron chi connectivity index (χ4n) is 5.56. The molecule has 0 amide bonds. The molecule has 1 aromatic carbocycles. The molecular weight excluding hydrogens is 434 g/mol. The summed E-state index contributed by atoms with van der Waals surface area (Å²) in [6.45, 7) is 9.37. The predicted molar refractivity (Wildman–Crippen MR) is 166 cm³/mol. The van der Waals surface area contributed by atoms with Gasteiger partial charge in [-0.3, -0.25) is 0 Å². The van der Waals surface area contributed by atoms with Crippen molar-refractivity contribution in [1.82, 2.24) is 0 Å². The van der Waals surface area contributed by atoms with Gasteiger partial charge in [0.1, 0.15) is 0 Å². The molecule has 0 fully saturated rings. The van der Waals surface area contributed by atoms with Crippen LogP contribution in [0.3, 0.4) is 0 Å². The van der Waals surface area contributed by atoms with Gasteiger partial charge in [0, 0.05) is 18.8 Å². The van der Waals surface area contributed by atoms with Crippen molar-refractivity contribution in [2.24, 2.45) is 0 Å². The van der Waals surface area contributed by atoms with E-state index in [1.807, 2.05) is 0 Å². The van der Waals surface area contributed by atoms with Gasteiger partial charge in [0.15, 0.2) is 0 Å². The summed E-state index contributed by atoms with van der Waals surface area (Å²) in [5, 5.41) is 0. The average Bonchev–Trinajstić information content (AvgIpc) is 2.89. The molecule has 1 heteroatoms. The summed E-state index contributed by atoms with van der Waals surface area (Å²) in [5.41, 5.74) is 2.92. The average molecular weight is 500 g/mol. The summed E-state index contributed by atoms with van der Waals surface area (Å²) in [5.74, 6) is 0. The van der Waals surface area contributed by atoms with E-state index in [-0.39, 0.29) is 0 Å². The van der Waals surface area contributed by atoms with E-state index in [1.165, 1.54) is 178 Å². The van der Waals surface area contributed by atoms with Crippen molar-refractivity contribution >= 4 is 5.69 Å². The Labute approximate surface area is 228 Å². The van der Waals surface area contributed by atoms with E-state index < -0.39 is 0 Å². The number of benzene rings is 1. The maximum atomic E-state index is 2.70. The number of para-hydroxylation sites is 1. The van der Waals surface area contributed by atoms with Crippen molar-refractivity contribution in [2.75, 3.05) is 18.0 Å². The second-order valence-corrected chi connectivity index (χ2v) is 11.6. The molecule has 0 bridgehead atoms. The molecule has 0 aliphatic carbocycles. The molecule has 0 spiro atoms. The van der Waals surface area contributed by atoms with Crippen LogP contribution in [0.1, 0.15) is 174 Å². The minimum absolute atomic E-state index is 1.24. The Bertz CT molecular complexity index is 538. The molecule has 1 rings (SSSR count). The van der Waals surface area contributed by atoms with Crippen LogP contribution < -0.4 is 4.90 Å². The number of hydrogen-bond acceptors (Lipinski definition) is 1. The summed E-state index contributed by atoms with van der Waals surface area (Å²) in [7, 11) is 0. The van der Waals surface area contributed by atoms with Gasteiger partial charge in [-0.2, -0.15) is 0 Å². The van der Waals surface area contributed by atoms with Gasteiger partial charge in [0.2, 0.25) is 0 Å². The number of unbranched alkanes of at least 4 members (excludes halogenated alkanes) is 22. The zero-order valence-electron chi connectivity index (χ0n) is 25.1. The molecule has 0 radical (unpaired) electrons. The molecule has 0 saturated heterocycles. The highest BCUT2D eigenvalue weighted by Crippen LogP contribution is 2.22. The zero-order chi connectivity index (χ0) is 25.9. The Hall–Kier alpha value is -0.980. The first-order valence-corrected chi connectivity index (χ1v) is 16.6. The fourth-order valence-corrected chi connectivity index (χ4v) is 5.56. The second kappa shape index (κ2) is 25.7. The first-order chi connectivity index (χ1) is 17.8. The van der Waals surface area contributed by atoms with Gasteiger partial charge in [0.05, 0.1) is 0 Å². The molecule has 0 N–H and O–H groups in total. The molecule has 0 aromatic heterocycles. The topological polar surface area (TPSA) is 3.24 Å². The van der Waals surface area contributed by atoms with Crippen molar-refractivity contribution in [3.05, 3.63) is 29.8 Å². The van der Waals surface area contributed by atoms with Gasteiger partial charge in [-0.25, -0.2) is 0 Å². The summed E-state index contributed by atoms with van der Waals surface area (Å²) >= 11 is 0. The van der Waals surface area contributed by atoms with Gasteiger partial charge in [-0.05, 0) is 31.4 Å². The molecule has 1 aromatic rings. The normalized spacial score (nSPS) is 11.3. The first kappa shape index (κ1) is 33.0. The van der Waals surface area contributed by atoms with E-state index in [4.69, 9.17) is 0 Å². The standard InChI is InChI=1S/C35H65N/c1-4-6-8-10-12-14-16-18-20-22-24-28-32-36(35-31-27-26-30-34(35)3)33-29-25-23-21-19-17-15-13-11-9-7-5-2/h26-27,30-31H,4-25,28-29,32-33H2,1-3H3. The molecule has 0 atom stereocenters. The smallest absolute Gasteiger partial charge is 0.0395 e. The Morgan fingerprint density at radius 2 is 0.722 bits per heavy atom. The van der Waals surface area contributed by atoms with Crippen molar-refractivity contribution in [2.45, 2.75) is 175 Å². The van der Waals surface area contributed by atoms with Gasteiger partial charge >= 0.3 is 0 Å². The lowest BCUT2D eigenvalue weighted by Crippen LogP contribution is -2.26. The summed E-state index contributed by atoms with van der Waals surface area (Å²) < 4.78 is 0. The number of nitrogens with zero attached hydrogens (tertiary/aromatic N) is 1. The molecular formula is C35H65N. The lowest BCUT2D eigenvalue weighted by molar-refractivity contribution is 0.534. The third-order valence-electron chi connectivity index (χ3n) is 8.02. The van der Waals surface area contributed by atoms with Crippen LogP contribution in [-0.2, 0) is 0 Å². The molecule has 0 saturated carbocycles. The molecule has 36 heavy (non-hydrogen) atoms. The molecule has 210 valence electrons. The van der Waals surface area contributed by atoms with E-state index >= 15 is 0 Å². The largest absolute Gasteiger partial charge is 0.371 e. The highest BCUT2D eigenvalue weighted by atomic mass is 15.1. The minimum Gasteiger partial charge on any atom is -0.371 e. The van der Waals surface area contributed by atoms with E-state index in [0.29, 0.717) is 0 Å². The molecule has 0 aliphatic rings. The maximum absolute atomic E-state index is 2.70. The molecule has 0 unspecified atom stereocenters. The minimum atomic E-state index is 1.24. The summed E-state index contributed by atoms with van der Waals surface area (Å²) in [6.07, 6.45) is 34.3.